The summed E-state index contributed by atoms with van der Waals surface area (Å²) in [6.07, 6.45) is 3.24. The number of carbonyl (C=O) groups excluding carboxylic acids is 4. The van der Waals surface area contributed by atoms with Crippen molar-refractivity contribution < 1.29 is 29.0 Å². The van der Waals surface area contributed by atoms with Crippen LogP contribution in [0.4, 0.5) is 5.69 Å². The maximum atomic E-state index is 15.2. The van der Waals surface area contributed by atoms with Crippen LogP contribution >= 0.6 is 11.6 Å². The van der Waals surface area contributed by atoms with E-state index < -0.39 is 40.9 Å². The molecule has 0 aromatic heterocycles. The first kappa shape index (κ1) is 29.3. The van der Waals surface area contributed by atoms with Crippen LogP contribution in [0.5, 0.6) is 11.5 Å². The number of allylic oxidation sites excluding steroid dienone is 2. The first-order valence-electron chi connectivity index (χ1n) is 15.4. The first-order valence-corrected chi connectivity index (χ1v) is 15.7. The summed E-state index contributed by atoms with van der Waals surface area (Å²) < 4.78 is 5.34. The summed E-state index contributed by atoms with van der Waals surface area (Å²) in [5.74, 6) is -4.15. The van der Waals surface area contributed by atoms with Gasteiger partial charge in [-0.15, -0.1) is 0 Å². The van der Waals surface area contributed by atoms with Gasteiger partial charge in [0.15, 0.2) is 11.5 Å². The highest BCUT2D eigenvalue weighted by Crippen LogP contribution is 2.64. The smallest absolute Gasteiger partial charge is 0.246 e. The van der Waals surface area contributed by atoms with E-state index in [1.165, 1.54) is 16.9 Å². The molecule has 4 aliphatic rings. The van der Waals surface area contributed by atoms with Gasteiger partial charge >= 0.3 is 0 Å². The van der Waals surface area contributed by atoms with E-state index in [1.54, 1.807) is 36.4 Å². The van der Waals surface area contributed by atoms with Crippen LogP contribution in [-0.4, -0.2) is 47.3 Å². The van der Waals surface area contributed by atoms with E-state index in [9.17, 15) is 19.5 Å². The SMILES string of the molecule is CCCN1C(=O)C2CC=C3C(CC4C(=O)N(c5cccc(Cl)c5)C(=O)C4(c4ccccc4)C3c3ccc(OC)c(O)c3)C2C1=O. The van der Waals surface area contributed by atoms with Gasteiger partial charge in [0.2, 0.25) is 23.6 Å². The predicted molar refractivity (Wildman–Crippen MR) is 168 cm³/mol. The minimum absolute atomic E-state index is 0.101. The number of aromatic hydroxyl groups is 1. The van der Waals surface area contributed by atoms with Crippen LogP contribution < -0.4 is 9.64 Å². The van der Waals surface area contributed by atoms with E-state index >= 15 is 4.79 Å². The second kappa shape index (κ2) is 10.9. The van der Waals surface area contributed by atoms with E-state index in [0.29, 0.717) is 41.2 Å². The van der Waals surface area contributed by atoms with Gasteiger partial charge in [0, 0.05) is 17.5 Å². The van der Waals surface area contributed by atoms with Crippen LogP contribution in [0.3, 0.4) is 0 Å². The summed E-state index contributed by atoms with van der Waals surface area (Å²) >= 11 is 6.35. The zero-order valence-corrected chi connectivity index (χ0v) is 25.7. The van der Waals surface area contributed by atoms with Crippen LogP contribution in [0.1, 0.15) is 43.2 Å². The number of benzene rings is 3. The maximum Gasteiger partial charge on any atom is 0.246 e. The molecule has 3 aromatic rings. The monoisotopic (exact) mass is 624 g/mol. The number of amides is 4. The molecule has 2 saturated heterocycles. The van der Waals surface area contributed by atoms with Crippen molar-refractivity contribution in [2.45, 2.75) is 37.5 Å². The van der Waals surface area contributed by atoms with E-state index in [4.69, 9.17) is 16.3 Å². The lowest BCUT2D eigenvalue weighted by Gasteiger charge is -2.50. The van der Waals surface area contributed by atoms with Crippen molar-refractivity contribution in [2.24, 2.45) is 23.7 Å². The summed E-state index contributed by atoms with van der Waals surface area (Å²) in [5, 5.41) is 11.4. The average Bonchev–Trinajstić information content (AvgIpc) is 3.42. The Labute approximate surface area is 266 Å². The lowest BCUT2D eigenvalue weighted by atomic mass is 9.49. The molecule has 1 N–H and O–H groups in total. The fourth-order valence-corrected chi connectivity index (χ4v) is 8.70. The van der Waals surface area contributed by atoms with Gasteiger partial charge in [-0.3, -0.25) is 24.1 Å². The number of likely N-dealkylation sites (tertiary alicyclic amines) is 1. The number of ether oxygens (including phenoxy) is 1. The number of fused-ring (bicyclic) bond motifs is 4. The molecule has 3 fully saturated rings. The molecule has 45 heavy (non-hydrogen) atoms. The highest BCUT2D eigenvalue weighted by Gasteiger charge is 2.70. The number of halogens is 1. The largest absolute Gasteiger partial charge is 0.504 e. The standard InChI is InChI=1S/C36H33ClN2O6/c1-3-16-38-32(41)25-14-13-24-26(30(25)34(38)43)19-27-33(42)39(23-11-7-10-22(37)18-23)35(44)36(27,21-8-5-4-6-9-21)31(24)20-12-15-29(45-2)28(40)17-20/h4-13,15,17-18,25-27,30-31,40H,3,14,16,19H2,1-2H3. The molecule has 0 radical (unpaired) electrons. The van der Waals surface area contributed by atoms with Crippen molar-refractivity contribution in [3.8, 4) is 11.5 Å². The number of nitrogens with zero attached hydrogens (tertiary/aromatic N) is 2. The molecule has 8 nitrogen and oxygen atoms in total. The van der Waals surface area contributed by atoms with Crippen molar-refractivity contribution in [1.82, 2.24) is 4.90 Å². The molecule has 0 spiro atoms. The van der Waals surface area contributed by atoms with Crippen molar-refractivity contribution >= 4 is 40.9 Å². The highest BCUT2D eigenvalue weighted by atomic mass is 35.5. The highest BCUT2D eigenvalue weighted by molar-refractivity contribution is 6.32. The number of anilines is 1. The van der Waals surface area contributed by atoms with Crippen LogP contribution in [0.15, 0.2) is 84.4 Å². The van der Waals surface area contributed by atoms with E-state index in [0.717, 1.165) is 5.57 Å². The molecule has 1 saturated carbocycles. The molecule has 6 unspecified atom stereocenters. The Balaban J connectivity index is 1.49. The second-order valence-electron chi connectivity index (χ2n) is 12.4. The maximum absolute atomic E-state index is 15.2. The van der Waals surface area contributed by atoms with Crippen molar-refractivity contribution in [3.63, 3.8) is 0 Å². The molecule has 6 atom stereocenters. The molecule has 2 aliphatic carbocycles. The summed E-state index contributed by atoms with van der Waals surface area (Å²) in [4.78, 5) is 59.8. The van der Waals surface area contributed by atoms with Gasteiger partial charge < -0.3 is 9.84 Å². The summed E-state index contributed by atoms with van der Waals surface area (Å²) in [6.45, 7) is 2.28. The fraction of sp³-hybridized carbons (Fsp3) is 0.333. The number of rotatable bonds is 6. The van der Waals surface area contributed by atoms with Gasteiger partial charge in [-0.25, -0.2) is 4.90 Å². The Morgan fingerprint density at radius 2 is 1.71 bits per heavy atom. The molecule has 4 amide bonds. The number of carbonyl (C=O) groups is 4. The normalized spacial score (nSPS) is 29.0. The molecular weight excluding hydrogens is 592 g/mol. The van der Waals surface area contributed by atoms with Gasteiger partial charge in [0.05, 0.1) is 36.0 Å². The summed E-state index contributed by atoms with van der Waals surface area (Å²) in [5.41, 5.74) is 1.10. The van der Waals surface area contributed by atoms with Crippen molar-refractivity contribution in [2.75, 3.05) is 18.6 Å². The van der Waals surface area contributed by atoms with Gasteiger partial charge in [0.25, 0.3) is 0 Å². The van der Waals surface area contributed by atoms with Crippen LogP contribution in [-0.2, 0) is 24.6 Å². The molecule has 230 valence electrons. The van der Waals surface area contributed by atoms with Crippen LogP contribution in [0, 0.1) is 23.7 Å². The minimum Gasteiger partial charge on any atom is -0.504 e. The number of methoxy groups -OCH3 is 1. The molecule has 7 rings (SSSR count). The second-order valence-corrected chi connectivity index (χ2v) is 12.8. The topological polar surface area (TPSA) is 104 Å². The lowest BCUT2D eigenvalue weighted by molar-refractivity contribution is -0.140. The lowest BCUT2D eigenvalue weighted by Crippen LogP contribution is -2.53. The molecular formula is C36H33ClN2O6. The van der Waals surface area contributed by atoms with Crippen LogP contribution in [0.25, 0.3) is 0 Å². The molecule has 2 aliphatic heterocycles. The van der Waals surface area contributed by atoms with E-state index in [1.807, 2.05) is 49.4 Å². The fourth-order valence-electron chi connectivity index (χ4n) is 8.51. The molecule has 2 heterocycles. The van der Waals surface area contributed by atoms with Gasteiger partial charge in [-0.2, -0.15) is 0 Å². The van der Waals surface area contributed by atoms with E-state index in [2.05, 4.69) is 0 Å². The third-order valence-electron chi connectivity index (χ3n) is 10.2. The molecule has 0 bridgehead atoms. The van der Waals surface area contributed by atoms with Crippen LogP contribution in [0.2, 0.25) is 5.02 Å². The molecule has 9 heteroatoms. The molecule has 3 aromatic carbocycles. The zero-order chi connectivity index (χ0) is 31.6. The van der Waals surface area contributed by atoms with Crippen molar-refractivity contribution in [3.05, 3.63) is 101 Å². The van der Waals surface area contributed by atoms with Gasteiger partial charge in [-0.1, -0.05) is 72.6 Å². The van der Waals surface area contributed by atoms with Crippen molar-refractivity contribution in [1.29, 1.82) is 0 Å². The van der Waals surface area contributed by atoms with Gasteiger partial charge in [0.1, 0.15) is 0 Å². The summed E-state index contributed by atoms with van der Waals surface area (Å²) in [6, 6.07) is 21.0. The zero-order valence-electron chi connectivity index (χ0n) is 25.0. The van der Waals surface area contributed by atoms with Gasteiger partial charge in [-0.05, 0) is 66.6 Å². The third-order valence-corrected chi connectivity index (χ3v) is 10.5. The number of phenols is 1. The predicted octanol–water partition coefficient (Wildman–Crippen LogP) is 5.63. The Morgan fingerprint density at radius 1 is 0.933 bits per heavy atom. The number of phenolic OH excluding ortho intramolecular Hbond substituents is 1. The Bertz CT molecular complexity index is 1770. The number of hydrogen-bond donors (Lipinski definition) is 1. The Kier molecular flexibility index (Phi) is 7.08. The number of hydrogen-bond acceptors (Lipinski definition) is 6. The number of imide groups is 2. The first-order chi connectivity index (χ1) is 21.7. The average molecular weight is 625 g/mol. The Morgan fingerprint density at radius 3 is 2.40 bits per heavy atom. The minimum atomic E-state index is -1.40. The quantitative estimate of drug-likeness (QED) is 0.282. The Hall–Kier alpha value is -4.43. The summed E-state index contributed by atoms with van der Waals surface area (Å²) in [7, 11) is 1.46. The third kappa shape index (κ3) is 4.11. The van der Waals surface area contributed by atoms with E-state index in [-0.39, 0.29) is 35.6 Å².